The molecule has 0 unspecified atom stereocenters. The highest BCUT2D eigenvalue weighted by atomic mass is 32.2. The highest BCUT2D eigenvalue weighted by molar-refractivity contribution is 8.01. The standard InChI is InChI=1S/C66H44B2N4S2/c1-7-23-45(24-8-1)69(46-25-9-2-10-26-46)51-39-59-65-60(40-51)72(50-33-17-6-18-34-50)58-44-62-56(43-55(58)67(65)53-35-19-21-37-57(53)71(59)49-31-15-5-16-32-49)68-54-36-20-22-38-61(54)73-63-41-52(42-64(74-62)66(63)68)70(47-27-11-3-12-28-47)48-29-13-4-14-30-48/h1-44H. The molecule has 346 valence electrons. The summed E-state index contributed by atoms with van der Waals surface area (Å²) in [5.41, 5.74) is 21.7. The minimum Gasteiger partial charge on any atom is -0.311 e. The van der Waals surface area contributed by atoms with Gasteiger partial charge in [0.25, 0.3) is 6.71 Å². The van der Waals surface area contributed by atoms with Crippen molar-refractivity contribution in [2.75, 3.05) is 19.6 Å². The Morgan fingerprint density at radius 2 is 0.662 bits per heavy atom. The summed E-state index contributed by atoms with van der Waals surface area (Å²) in [6.45, 7) is -0.00699. The first kappa shape index (κ1) is 43.1. The van der Waals surface area contributed by atoms with E-state index in [4.69, 9.17) is 0 Å². The van der Waals surface area contributed by atoms with E-state index in [0.29, 0.717) is 0 Å². The molecule has 0 spiro atoms. The van der Waals surface area contributed by atoms with Crippen LogP contribution < -0.4 is 52.4 Å². The predicted molar refractivity (Wildman–Crippen MR) is 316 cm³/mol. The maximum atomic E-state index is 2.62. The molecule has 0 N–H and O–H groups in total. The van der Waals surface area contributed by atoms with E-state index in [-0.39, 0.29) is 13.4 Å². The van der Waals surface area contributed by atoms with Gasteiger partial charge in [-0.05, 0) is 137 Å². The average Bonchev–Trinajstić information content (AvgIpc) is 3.47. The van der Waals surface area contributed by atoms with Crippen molar-refractivity contribution < 1.29 is 0 Å². The first-order chi connectivity index (χ1) is 36.7. The van der Waals surface area contributed by atoms with Gasteiger partial charge in [-0.15, -0.1) is 0 Å². The summed E-state index contributed by atoms with van der Waals surface area (Å²) < 4.78 is 0. The van der Waals surface area contributed by atoms with Gasteiger partial charge in [0.2, 0.25) is 6.71 Å². The van der Waals surface area contributed by atoms with E-state index in [1.807, 2.05) is 23.5 Å². The van der Waals surface area contributed by atoms with Gasteiger partial charge in [0.15, 0.2) is 0 Å². The minimum absolute atomic E-state index is 0.0494. The Morgan fingerprint density at radius 3 is 1.19 bits per heavy atom. The molecule has 0 saturated heterocycles. The van der Waals surface area contributed by atoms with Crippen molar-refractivity contribution in [1.29, 1.82) is 0 Å². The lowest BCUT2D eigenvalue weighted by atomic mass is 9.31. The average molecular weight is 979 g/mol. The van der Waals surface area contributed by atoms with Crippen LogP contribution in [0.4, 0.5) is 68.2 Å². The lowest BCUT2D eigenvalue weighted by Crippen LogP contribution is -2.64. The molecule has 11 aromatic carbocycles. The van der Waals surface area contributed by atoms with Gasteiger partial charge in [-0.3, -0.25) is 0 Å². The van der Waals surface area contributed by atoms with Gasteiger partial charge in [-0.2, -0.15) is 0 Å². The molecule has 4 aliphatic rings. The van der Waals surface area contributed by atoms with E-state index in [9.17, 15) is 0 Å². The molecule has 74 heavy (non-hydrogen) atoms. The van der Waals surface area contributed by atoms with Crippen LogP contribution >= 0.6 is 23.5 Å². The van der Waals surface area contributed by atoms with Crippen molar-refractivity contribution in [3.63, 3.8) is 0 Å². The van der Waals surface area contributed by atoms with Gasteiger partial charge in [0.1, 0.15) is 0 Å². The maximum absolute atomic E-state index is 2.62. The molecule has 11 aromatic rings. The Labute approximate surface area is 441 Å². The molecule has 4 heterocycles. The van der Waals surface area contributed by atoms with Gasteiger partial charge in [-0.1, -0.05) is 186 Å². The molecule has 0 radical (unpaired) electrons. The normalized spacial score (nSPS) is 13.2. The van der Waals surface area contributed by atoms with Gasteiger partial charge < -0.3 is 19.6 Å². The molecule has 8 heteroatoms. The van der Waals surface area contributed by atoms with E-state index < -0.39 is 0 Å². The van der Waals surface area contributed by atoms with E-state index in [0.717, 1.165) is 45.5 Å². The number of nitrogens with zero attached hydrogens (tertiary/aromatic N) is 4. The van der Waals surface area contributed by atoms with Gasteiger partial charge in [-0.25, -0.2) is 0 Å². The number of benzene rings is 11. The van der Waals surface area contributed by atoms with Crippen molar-refractivity contribution in [2.24, 2.45) is 0 Å². The zero-order valence-corrected chi connectivity index (χ0v) is 41.8. The number of anilines is 12. The van der Waals surface area contributed by atoms with Crippen molar-refractivity contribution in [3.8, 4) is 0 Å². The molecule has 0 atom stereocenters. The fraction of sp³-hybridized carbons (Fsp3) is 0. The quantitative estimate of drug-likeness (QED) is 0.140. The largest absolute Gasteiger partial charge is 0.311 e. The lowest BCUT2D eigenvalue weighted by Gasteiger charge is -2.45. The monoisotopic (exact) mass is 978 g/mol. The smallest absolute Gasteiger partial charge is 0.252 e. The molecule has 0 saturated carbocycles. The van der Waals surface area contributed by atoms with Crippen LogP contribution in [0.1, 0.15) is 0 Å². The summed E-state index contributed by atoms with van der Waals surface area (Å²) in [6, 6.07) is 98.4. The van der Waals surface area contributed by atoms with Gasteiger partial charge in [0, 0.05) is 82.1 Å². The van der Waals surface area contributed by atoms with Crippen molar-refractivity contribution >= 4 is 138 Å². The van der Waals surface area contributed by atoms with Crippen LogP contribution in [0.5, 0.6) is 0 Å². The number of hydrogen-bond donors (Lipinski definition) is 0. The van der Waals surface area contributed by atoms with Crippen LogP contribution in [0.15, 0.2) is 287 Å². The number of hydrogen-bond acceptors (Lipinski definition) is 6. The van der Waals surface area contributed by atoms with Crippen LogP contribution in [0, 0.1) is 0 Å². The molecule has 0 aliphatic carbocycles. The Bertz CT molecular complexity index is 3860. The van der Waals surface area contributed by atoms with Crippen LogP contribution in [-0.4, -0.2) is 13.4 Å². The Morgan fingerprint density at radius 1 is 0.257 bits per heavy atom. The minimum atomic E-state index is -0.0564. The topological polar surface area (TPSA) is 13.0 Å². The maximum Gasteiger partial charge on any atom is 0.252 e. The number of para-hydroxylation sites is 7. The zero-order valence-electron chi connectivity index (χ0n) is 40.2. The number of rotatable bonds is 8. The summed E-state index contributed by atoms with van der Waals surface area (Å²) in [4.78, 5) is 15.1. The molecule has 15 rings (SSSR count). The fourth-order valence-electron chi connectivity index (χ4n) is 12.0. The molecule has 0 bridgehead atoms. The highest BCUT2D eigenvalue weighted by Gasteiger charge is 2.46. The summed E-state index contributed by atoms with van der Waals surface area (Å²) in [5.74, 6) is 0. The van der Waals surface area contributed by atoms with Crippen LogP contribution in [0.25, 0.3) is 0 Å². The third-order valence-corrected chi connectivity index (χ3v) is 17.3. The Hall–Kier alpha value is -8.55. The van der Waals surface area contributed by atoms with Crippen molar-refractivity contribution in [2.45, 2.75) is 19.6 Å². The van der Waals surface area contributed by atoms with Crippen LogP contribution in [-0.2, 0) is 0 Å². The molecule has 0 fully saturated rings. The second kappa shape index (κ2) is 17.6. The molecule has 0 aromatic heterocycles. The van der Waals surface area contributed by atoms with Gasteiger partial charge in [0.05, 0.1) is 5.69 Å². The van der Waals surface area contributed by atoms with Crippen LogP contribution in [0.3, 0.4) is 0 Å². The second-order valence-electron chi connectivity index (χ2n) is 19.2. The Balaban J connectivity index is 1.00. The van der Waals surface area contributed by atoms with E-state index in [2.05, 4.69) is 287 Å². The Kier molecular flexibility index (Phi) is 10.2. The molecular formula is C66H44B2N4S2. The van der Waals surface area contributed by atoms with E-state index in [1.165, 1.54) is 75.1 Å². The van der Waals surface area contributed by atoms with Crippen molar-refractivity contribution in [1.82, 2.24) is 0 Å². The molecule has 4 nitrogen and oxygen atoms in total. The van der Waals surface area contributed by atoms with Crippen molar-refractivity contribution in [3.05, 3.63) is 267 Å². The first-order valence-electron chi connectivity index (χ1n) is 25.3. The van der Waals surface area contributed by atoms with Gasteiger partial charge >= 0.3 is 0 Å². The molecular weight excluding hydrogens is 935 g/mol. The summed E-state index contributed by atoms with van der Waals surface area (Å²) in [6.07, 6.45) is 0. The predicted octanol–water partition coefficient (Wildman–Crippen LogP) is 14.2. The van der Waals surface area contributed by atoms with E-state index in [1.54, 1.807) is 0 Å². The summed E-state index contributed by atoms with van der Waals surface area (Å²) in [5, 5.41) is 0. The highest BCUT2D eigenvalue weighted by Crippen LogP contribution is 2.50. The zero-order chi connectivity index (χ0) is 48.7. The number of fused-ring (bicyclic) bond motifs is 8. The first-order valence-corrected chi connectivity index (χ1v) is 26.9. The third kappa shape index (κ3) is 6.89. The molecule has 0 amide bonds. The SMILES string of the molecule is c1ccc(N(c2ccccc2)c2cc3c4c(c2)Sc2cc5c(cc2B4c2ccccc2S3)B2c3ccccc3N(c3ccccc3)c3cc(N(c4ccccc4)c4ccccc4)cc(c32)N5c2ccccc2)cc1. The fourth-order valence-corrected chi connectivity index (χ4v) is 14.5. The second-order valence-corrected chi connectivity index (χ2v) is 21.4. The van der Waals surface area contributed by atoms with E-state index >= 15 is 0 Å². The van der Waals surface area contributed by atoms with Crippen LogP contribution in [0.2, 0.25) is 0 Å². The molecule has 4 aliphatic heterocycles. The summed E-state index contributed by atoms with van der Waals surface area (Å²) >= 11 is 3.84. The summed E-state index contributed by atoms with van der Waals surface area (Å²) in [7, 11) is 0. The third-order valence-electron chi connectivity index (χ3n) is 15.1. The lowest BCUT2D eigenvalue weighted by molar-refractivity contribution is 1.22.